The Morgan fingerprint density at radius 3 is 2.70 bits per heavy atom. The lowest BCUT2D eigenvalue weighted by Gasteiger charge is -2.10. The molecule has 1 N–H and O–H groups in total. The number of benzene rings is 2. The van der Waals surface area contributed by atoms with Crippen LogP contribution in [0.5, 0.6) is 5.75 Å². The fraction of sp³-hybridized carbons (Fsp3) is 0.150. The molecule has 30 heavy (non-hydrogen) atoms. The maximum absolute atomic E-state index is 13.0. The molecule has 0 aliphatic carbocycles. The lowest BCUT2D eigenvalue weighted by molar-refractivity contribution is -0.113. The molecule has 0 fully saturated rings. The van der Waals surface area contributed by atoms with Crippen LogP contribution in [0.1, 0.15) is 5.82 Å². The molecule has 3 rings (SSSR count). The minimum absolute atomic E-state index is 0.108. The Labute approximate surface area is 187 Å². The lowest BCUT2D eigenvalue weighted by Crippen LogP contribution is -2.15. The van der Waals surface area contributed by atoms with Gasteiger partial charge in [0.1, 0.15) is 18.2 Å². The number of nitrogens with one attached hydrogen (secondary N) is 1. The van der Waals surface area contributed by atoms with Crippen molar-refractivity contribution in [2.24, 2.45) is 0 Å². The van der Waals surface area contributed by atoms with Crippen LogP contribution in [0.25, 0.3) is 0 Å². The number of hydrogen-bond donors (Lipinski definition) is 1. The fourth-order valence-corrected chi connectivity index (χ4v) is 3.67. The second-order valence-corrected chi connectivity index (χ2v) is 7.79. The molecule has 10 heteroatoms. The van der Waals surface area contributed by atoms with Crippen LogP contribution in [0.2, 0.25) is 10.0 Å². The highest BCUT2D eigenvalue weighted by Gasteiger charge is 2.15. The Balaban J connectivity index is 1.62. The van der Waals surface area contributed by atoms with Gasteiger partial charge in [0, 0.05) is 17.3 Å². The zero-order chi connectivity index (χ0) is 21.5. The molecule has 2 aromatic carbocycles. The van der Waals surface area contributed by atoms with Crippen molar-refractivity contribution in [1.82, 2.24) is 14.8 Å². The number of amides is 1. The predicted molar refractivity (Wildman–Crippen MR) is 117 cm³/mol. The van der Waals surface area contributed by atoms with Gasteiger partial charge in [-0.25, -0.2) is 4.39 Å². The summed E-state index contributed by atoms with van der Waals surface area (Å²) >= 11 is 13.2. The van der Waals surface area contributed by atoms with E-state index in [4.69, 9.17) is 27.9 Å². The van der Waals surface area contributed by atoms with Gasteiger partial charge in [-0.1, -0.05) is 41.0 Å². The van der Waals surface area contributed by atoms with Crippen molar-refractivity contribution in [3.63, 3.8) is 0 Å². The first-order valence-electron chi connectivity index (χ1n) is 8.75. The van der Waals surface area contributed by atoms with Crippen LogP contribution in [0.4, 0.5) is 10.1 Å². The molecular formula is C20H17Cl2FN4O2S. The zero-order valence-corrected chi connectivity index (χ0v) is 18.0. The first-order chi connectivity index (χ1) is 14.5. The molecule has 0 saturated carbocycles. The van der Waals surface area contributed by atoms with E-state index >= 15 is 0 Å². The van der Waals surface area contributed by atoms with Gasteiger partial charge in [0.05, 0.1) is 10.8 Å². The molecule has 0 unspecified atom stereocenters. The predicted octanol–water partition coefficient (Wildman–Crippen LogP) is 5.22. The number of thioether (sulfide) groups is 1. The van der Waals surface area contributed by atoms with Crippen LogP contribution in [-0.4, -0.2) is 26.4 Å². The van der Waals surface area contributed by atoms with Crippen molar-refractivity contribution in [1.29, 1.82) is 0 Å². The molecule has 1 amide bonds. The van der Waals surface area contributed by atoms with Crippen LogP contribution < -0.4 is 10.1 Å². The molecule has 6 nitrogen and oxygen atoms in total. The van der Waals surface area contributed by atoms with Gasteiger partial charge in [-0.3, -0.25) is 9.36 Å². The summed E-state index contributed by atoms with van der Waals surface area (Å²) in [6.07, 6.45) is 1.70. The van der Waals surface area contributed by atoms with E-state index in [-0.39, 0.29) is 24.1 Å². The van der Waals surface area contributed by atoms with Crippen molar-refractivity contribution in [2.75, 3.05) is 11.1 Å². The summed E-state index contributed by atoms with van der Waals surface area (Å²) in [5.74, 6) is 0.528. The van der Waals surface area contributed by atoms with Crippen molar-refractivity contribution >= 4 is 46.6 Å². The Bertz CT molecular complexity index is 1040. The third-order valence-electron chi connectivity index (χ3n) is 3.82. The topological polar surface area (TPSA) is 69.0 Å². The summed E-state index contributed by atoms with van der Waals surface area (Å²) in [5, 5.41) is 12.4. The van der Waals surface area contributed by atoms with Gasteiger partial charge in [0.15, 0.2) is 11.0 Å². The highest BCUT2D eigenvalue weighted by Crippen LogP contribution is 2.28. The van der Waals surface area contributed by atoms with Gasteiger partial charge in [0.25, 0.3) is 0 Å². The maximum Gasteiger partial charge on any atom is 0.234 e. The molecule has 1 aromatic heterocycles. The second kappa shape index (κ2) is 10.5. The summed E-state index contributed by atoms with van der Waals surface area (Å²) in [6, 6.07) is 10.5. The van der Waals surface area contributed by atoms with Gasteiger partial charge < -0.3 is 10.1 Å². The number of aromatic nitrogens is 3. The SMILES string of the molecule is C=CCn1c(COc2ccc(Cl)cc2Cl)nnc1SCC(=O)Nc1ccc(F)cc1. The molecule has 0 spiro atoms. The van der Waals surface area contributed by atoms with Crippen molar-refractivity contribution in [2.45, 2.75) is 18.3 Å². The van der Waals surface area contributed by atoms with Crippen molar-refractivity contribution < 1.29 is 13.9 Å². The van der Waals surface area contributed by atoms with Crippen molar-refractivity contribution in [3.05, 3.63) is 76.8 Å². The number of anilines is 1. The molecule has 0 bridgehead atoms. The van der Waals surface area contributed by atoms with E-state index < -0.39 is 0 Å². The van der Waals surface area contributed by atoms with E-state index in [1.807, 2.05) is 0 Å². The minimum atomic E-state index is -0.366. The summed E-state index contributed by atoms with van der Waals surface area (Å²) in [7, 11) is 0. The summed E-state index contributed by atoms with van der Waals surface area (Å²) in [5.41, 5.74) is 0.517. The number of carbonyl (C=O) groups is 1. The highest BCUT2D eigenvalue weighted by atomic mass is 35.5. The molecule has 3 aromatic rings. The molecule has 0 radical (unpaired) electrons. The average molecular weight is 467 g/mol. The molecule has 1 heterocycles. The number of rotatable bonds is 9. The van der Waals surface area contributed by atoms with Gasteiger partial charge in [-0.05, 0) is 42.5 Å². The van der Waals surface area contributed by atoms with Gasteiger partial charge >= 0.3 is 0 Å². The van der Waals surface area contributed by atoms with Gasteiger partial charge in [-0.2, -0.15) is 0 Å². The quantitative estimate of drug-likeness (QED) is 0.345. The Kier molecular flexibility index (Phi) is 7.73. The van der Waals surface area contributed by atoms with Gasteiger partial charge in [0.2, 0.25) is 5.91 Å². The molecule has 0 atom stereocenters. The third kappa shape index (κ3) is 5.98. The van der Waals surface area contributed by atoms with Crippen LogP contribution in [0.15, 0.2) is 60.3 Å². The van der Waals surface area contributed by atoms with E-state index in [0.29, 0.717) is 39.0 Å². The zero-order valence-electron chi connectivity index (χ0n) is 15.6. The van der Waals surface area contributed by atoms with E-state index in [9.17, 15) is 9.18 Å². The lowest BCUT2D eigenvalue weighted by atomic mass is 10.3. The maximum atomic E-state index is 13.0. The smallest absolute Gasteiger partial charge is 0.234 e. The standard InChI is InChI=1S/C20H17Cl2FN4O2S/c1-2-9-27-18(11-29-17-8-3-13(21)10-16(17)22)25-26-20(27)30-12-19(28)24-15-6-4-14(23)5-7-15/h2-8,10H,1,9,11-12H2,(H,24,28). The number of nitrogens with zero attached hydrogens (tertiary/aromatic N) is 3. The number of carbonyl (C=O) groups excluding carboxylic acids is 1. The summed E-state index contributed by atoms with van der Waals surface area (Å²) in [4.78, 5) is 12.2. The summed E-state index contributed by atoms with van der Waals surface area (Å²) < 4.78 is 20.5. The molecular weight excluding hydrogens is 450 g/mol. The molecule has 0 aliphatic rings. The fourth-order valence-electron chi connectivity index (χ4n) is 2.44. The molecule has 0 aliphatic heterocycles. The van der Waals surface area contributed by atoms with E-state index in [0.717, 1.165) is 0 Å². The monoisotopic (exact) mass is 466 g/mol. The number of hydrogen-bond acceptors (Lipinski definition) is 5. The Hall–Kier alpha value is -2.55. The summed E-state index contributed by atoms with van der Waals surface area (Å²) in [6.45, 7) is 4.32. The third-order valence-corrected chi connectivity index (χ3v) is 5.31. The Morgan fingerprint density at radius 2 is 2.00 bits per heavy atom. The van der Waals surface area contributed by atoms with Crippen LogP contribution in [-0.2, 0) is 17.9 Å². The largest absolute Gasteiger partial charge is 0.484 e. The van der Waals surface area contributed by atoms with Gasteiger partial charge in [-0.15, -0.1) is 16.8 Å². The minimum Gasteiger partial charge on any atom is -0.484 e. The number of halogens is 3. The second-order valence-electron chi connectivity index (χ2n) is 6.01. The average Bonchev–Trinajstić information content (AvgIpc) is 3.09. The van der Waals surface area contributed by atoms with E-state index in [1.54, 1.807) is 28.8 Å². The van der Waals surface area contributed by atoms with E-state index in [1.165, 1.54) is 36.0 Å². The number of allylic oxidation sites excluding steroid dienone is 1. The molecule has 156 valence electrons. The van der Waals surface area contributed by atoms with Crippen LogP contribution in [0.3, 0.4) is 0 Å². The molecule has 0 saturated heterocycles. The number of ether oxygens (including phenoxy) is 1. The normalized spacial score (nSPS) is 10.6. The highest BCUT2D eigenvalue weighted by molar-refractivity contribution is 7.99. The van der Waals surface area contributed by atoms with E-state index in [2.05, 4.69) is 22.1 Å². The van der Waals surface area contributed by atoms with Crippen LogP contribution >= 0.6 is 35.0 Å². The first kappa shape index (κ1) is 22.1. The first-order valence-corrected chi connectivity index (χ1v) is 10.5. The van der Waals surface area contributed by atoms with Crippen molar-refractivity contribution in [3.8, 4) is 5.75 Å². The Morgan fingerprint density at radius 1 is 1.23 bits per heavy atom. The van der Waals surface area contributed by atoms with Crippen LogP contribution in [0, 0.1) is 5.82 Å².